The fourth-order valence-corrected chi connectivity index (χ4v) is 5.02. The lowest BCUT2D eigenvalue weighted by molar-refractivity contribution is 0.140. The molecule has 2 atom stereocenters. The zero-order valence-corrected chi connectivity index (χ0v) is 18.4. The first kappa shape index (κ1) is 20.7. The zero-order chi connectivity index (χ0) is 21.3. The molecule has 1 aromatic heterocycles. The third-order valence-electron chi connectivity index (χ3n) is 5.98. The number of rotatable bonds is 6. The lowest BCUT2D eigenvalue weighted by atomic mass is 9.70. The summed E-state index contributed by atoms with van der Waals surface area (Å²) in [5.41, 5.74) is 2.45. The fourth-order valence-electron chi connectivity index (χ4n) is 5.02. The minimum absolute atomic E-state index is 0.252. The van der Waals surface area contributed by atoms with Crippen LogP contribution >= 0.6 is 0 Å². The molecule has 1 aliphatic carbocycles. The van der Waals surface area contributed by atoms with E-state index in [1.807, 2.05) is 30.3 Å². The number of para-hydroxylation sites is 1. The van der Waals surface area contributed by atoms with Crippen LogP contribution in [0, 0.1) is 17.2 Å². The Hall–Kier alpha value is -2.56. The Bertz CT molecular complexity index is 1010. The first-order valence-electron chi connectivity index (χ1n) is 11.0. The fraction of sp³-hybridized carbons (Fsp3) is 0.480. The van der Waals surface area contributed by atoms with Gasteiger partial charge in [-0.2, -0.15) is 0 Å². The van der Waals surface area contributed by atoms with Crippen molar-refractivity contribution in [3.05, 3.63) is 48.3 Å². The van der Waals surface area contributed by atoms with E-state index in [9.17, 15) is 4.39 Å². The summed E-state index contributed by atoms with van der Waals surface area (Å²) >= 11 is 0. The Labute approximate surface area is 178 Å². The maximum atomic E-state index is 14.6. The second kappa shape index (κ2) is 8.29. The van der Waals surface area contributed by atoms with Gasteiger partial charge >= 0.3 is 0 Å². The molecule has 160 valence electrons. The van der Waals surface area contributed by atoms with Crippen LogP contribution in [0.5, 0.6) is 5.75 Å². The summed E-state index contributed by atoms with van der Waals surface area (Å²) in [6.45, 7) is 9.77. The van der Waals surface area contributed by atoms with Crippen LogP contribution in [0.15, 0.2) is 42.5 Å². The minimum Gasteiger partial charge on any atom is -0.494 e. The standard InChI is InChI=1S/C25H32FN3O/c1-5-13-30-20-11-9-18(10-12-20)27-24-28-23-21(26)7-6-8-22(23)29(24)19-14-17(2)15-25(3,4)16-19/h6-12,17,19H,5,13-16H2,1-4H3,(H,27,28)/t17-,19+/m0/s1. The van der Waals surface area contributed by atoms with Crippen molar-refractivity contribution >= 4 is 22.7 Å². The number of ether oxygens (including phenoxy) is 1. The lowest BCUT2D eigenvalue weighted by Crippen LogP contribution is -2.29. The third-order valence-corrected chi connectivity index (χ3v) is 5.98. The average molecular weight is 410 g/mol. The van der Waals surface area contributed by atoms with Crippen molar-refractivity contribution in [1.82, 2.24) is 9.55 Å². The molecule has 4 nitrogen and oxygen atoms in total. The van der Waals surface area contributed by atoms with E-state index in [2.05, 4.69) is 42.6 Å². The molecule has 0 spiro atoms. The van der Waals surface area contributed by atoms with E-state index < -0.39 is 0 Å². The molecule has 0 amide bonds. The van der Waals surface area contributed by atoms with Gasteiger partial charge in [0, 0.05) is 11.7 Å². The van der Waals surface area contributed by atoms with Crippen molar-refractivity contribution in [3.63, 3.8) is 0 Å². The minimum atomic E-state index is -0.277. The van der Waals surface area contributed by atoms with Crippen LogP contribution in [0.25, 0.3) is 11.0 Å². The molecule has 0 unspecified atom stereocenters. The number of hydrogen-bond donors (Lipinski definition) is 1. The second-order valence-electron chi connectivity index (χ2n) is 9.48. The number of fused-ring (bicyclic) bond motifs is 1. The number of benzene rings is 2. The van der Waals surface area contributed by atoms with Gasteiger partial charge in [-0.15, -0.1) is 0 Å². The van der Waals surface area contributed by atoms with Crippen molar-refractivity contribution in [2.75, 3.05) is 11.9 Å². The summed E-state index contributed by atoms with van der Waals surface area (Å²) in [6, 6.07) is 13.4. The number of halogens is 1. The molecular formula is C25H32FN3O. The monoisotopic (exact) mass is 409 g/mol. The van der Waals surface area contributed by atoms with Gasteiger partial charge in [-0.25, -0.2) is 9.37 Å². The summed E-state index contributed by atoms with van der Waals surface area (Å²) < 4.78 is 22.5. The van der Waals surface area contributed by atoms with Gasteiger partial charge in [0.1, 0.15) is 11.3 Å². The zero-order valence-electron chi connectivity index (χ0n) is 18.4. The Morgan fingerprint density at radius 1 is 1.17 bits per heavy atom. The lowest BCUT2D eigenvalue weighted by Gasteiger charge is -2.40. The van der Waals surface area contributed by atoms with E-state index >= 15 is 0 Å². The third kappa shape index (κ3) is 4.30. The molecule has 1 fully saturated rings. The molecular weight excluding hydrogens is 377 g/mol. The van der Waals surface area contributed by atoms with Crippen molar-refractivity contribution < 1.29 is 9.13 Å². The van der Waals surface area contributed by atoms with Gasteiger partial charge in [0.05, 0.1) is 12.1 Å². The van der Waals surface area contributed by atoms with E-state index in [0.29, 0.717) is 24.0 Å². The van der Waals surface area contributed by atoms with Gasteiger partial charge in [-0.05, 0) is 73.4 Å². The number of anilines is 2. The molecule has 4 rings (SSSR count). The Morgan fingerprint density at radius 2 is 1.93 bits per heavy atom. The maximum absolute atomic E-state index is 14.6. The van der Waals surface area contributed by atoms with E-state index in [1.54, 1.807) is 6.07 Å². The van der Waals surface area contributed by atoms with Crippen molar-refractivity contribution in [2.24, 2.45) is 11.3 Å². The van der Waals surface area contributed by atoms with E-state index in [1.165, 1.54) is 12.5 Å². The second-order valence-corrected chi connectivity index (χ2v) is 9.48. The van der Waals surface area contributed by atoms with E-state index in [4.69, 9.17) is 4.74 Å². The van der Waals surface area contributed by atoms with Crippen LogP contribution < -0.4 is 10.1 Å². The highest BCUT2D eigenvalue weighted by atomic mass is 19.1. The van der Waals surface area contributed by atoms with Gasteiger partial charge in [0.2, 0.25) is 5.95 Å². The molecule has 0 saturated heterocycles. The number of aromatic nitrogens is 2. The molecule has 5 heteroatoms. The van der Waals surface area contributed by atoms with Crippen LogP contribution in [-0.2, 0) is 0 Å². The smallest absolute Gasteiger partial charge is 0.208 e. The van der Waals surface area contributed by atoms with Crippen LogP contribution in [0.1, 0.15) is 59.4 Å². The van der Waals surface area contributed by atoms with Crippen LogP contribution in [0.3, 0.4) is 0 Å². The van der Waals surface area contributed by atoms with Gasteiger partial charge in [0.25, 0.3) is 0 Å². The van der Waals surface area contributed by atoms with Crippen molar-refractivity contribution in [1.29, 1.82) is 0 Å². The highest BCUT2D eigenvalue weighted by molar-refractivity contribution is 5.80. The summed E-state index contributed by atoms with van der Waals surface area (Å²) in [5, 5.41) is 3.44. The Kier molecular flexibility index (Phi) is 5.72. The Morgan fingerprint density at radius 3 is 2.63 bits per heavy atom. The maximum Gasteiger partial charge on any atom is 0.208 e. The molecule has 1 aliphatic rings. The summed E-state index contributed by atoms with van der Waals surface area (Å²) in [6.07, 6.45) is 4.32. The molecule has 30 heavy (non-hydrogen) atoms. The summed E-state index contributed by atoms with van der Waals surface area (Å²) in [5.74, 6) is 1.89. The summed E-state index contributed by atoms with van der Waals surface area (Å²) in [7, 11) is 0. The molecule has 0 radical (unpaired) electrons. The van der Waals surface area contributed by atoms with Gasteiger partial charge < -0.3 is 14.6 Å². The highest BCUT2D eigenvalue weighted by Crippen LogP contribution is 2.46. The van der Waals surface area contributed by atoms with Gasteiger partial charge in [-0.1, -0.05) is 33.8 Å². The van der Waals surface area contributed by atoms with Crippen molar-refractivity contribution in [2.45, 2.75) is 59.4 Å². The van der Waals surface area contributed by atoms with Crippen molar-refractivity contribution in [3.8, 4) is 5.75 Å². The molecule has 1 N–H and O–H groups in total. The molecule has 1 heterocycles. The van der Waals surface area contributed by atoms with Crippen LogP contribution in [0.2, 0.25) is 0 Å². The molecule has 2 aromatic carbocycles. The number of nitrogens with zero attached hydrogens (tertiary/aromatic N) is 2. The number of hydrogen-bond acceptors (Lipinski definition) is 3. The molecule has 0 bridgehead atoms. The topological polar surface area (TPSA) is 39.1 Å². The molecule has 3 aromatic rings. The largest absolute Gasteiger partial charge is 0.494 e. The number of nitrogens with one attached hydrogen (secondary N) is 1. The highest BCUT2D eigenvalue weighted by Gasteiger charge is 2.34. The average Bonchev–Trinajstić information content (AvgIpc) is 3.05. The number of imidazole rings is 1. The predicted octanol–water partition coefficient (Wildman–Crippen LogP) is 7.10. The summed E-state index contributed by atoms with van der Waals surface area (Å²) in [4.78, 5) is 4.67. The predicted molar refractivity (Wildman–Crippen MR) is 121 cm³/mol. The van der Waals surface area contributed by atoms with Crippen LogP contribution in [-0.4, -0.2) is 16.2 Å². The first-order valence-corrected chi connectivity index (χ1v) is 11.0. The molecule has 0 aliphatic heterocycles. The quantitative estimate of drug-likeness (QED) is 0.472. The van der Waals surface area contributed by atoms with E-state index in [0.717, 1.165) is 36.2 Å². The van der Waals surface area contributed by atoms with Gasteiger partial charge in [-0.3, -0.25) is 0 Å². The van der Waals surface area contributed by atoms with Gasteiger partial charge in [0.15, 0.2) is 5.82 Å². The Balaban J connectivity index is 1.70. The first-order chi connectivity index (χ1) is 14.4. The SMILES string of the molecule is CCCOc1ccc(Nc2nc3c(F)cccc3n2[C@@H]2C[C@H](C)CC(C)(C)C2)cc1. The normalized spacial score (nSPS) is 21.0. The van der Waals surface area contributed by atoms with E-state index in [-0.39, 0.29) is 17.3 Å². The molecule has 1 saturated carbocycles. The van der Waals surface area contributed by atoms with Crippen LogP contribution in [0.4, 0.5) is 16.0 Å².